The van der Waals surface area contributed by atoms with Crippen molar-refractivity contribution in [1.82, 2.24) is 15.6 Å². The van der Waals surface area contributed by atoms with Gasteiger partial charge in [0, 0.05) is 30.6 Å². The van der Waals surface area contributed by atoms with Crippen LogP contribution in [-0.4, -0.2) is 35.7 Å². The van der Waals surface area contributed by atoms with Crippen LogP contribution in [0.25, 0.3) is 10.6 Å². The monoisotopic (exact) mass is 528 g/mol. The summed E-state index contributed by atoms with van der Waals surface area (Å²) >= 11 is 1.66. The lowest BCUT2D eigenvalue weighted by molar-refractivity contribution is 0.131. The molecule has 1 heterocycles. The largest absolute Gasteiger partial charge is 0.396 e. The summed E-state index contributed by atoms with van der Waals surface area (Å²) < 4.78 is 0. The maximum absolute atomic E-state index is 9.52. The average molecular weight is 529 g/mol. The molecule has 1 aromatic carbocycles. The summed E-state index contributed by atoms with van der Waals surface area (Å²) in [6.07, 6.45) is 7.08. The molecule has 0 unspecified atom stereocenters. The highest BCUT2D eigenvalue weighted by Crippen LogP contribution is 2.38. The Kier molecular flexibility index (Phi) is 10.4. The number of guanidine groups is 1. The molecule has 0 saturated heterocycles. The van der Waals surface area contributed by atoms with E-state index in [1.165, 1.54) is 32.1 Å². The molecule has 0 radical (unpaired) electrons. The molecule has 1 aliphatic rings. The van der Waals surface area contributed by atoms with Crippen molar-refractivity contribution in [2.75, 3.05) is 19.7 Å². The second kappa shape index (κ2) is 12.5. The fraction of sp³-hybridized carbons (Fsp3) is 0.545. The van der Waals surface area contributed by atoms with Crippen LogP contribution in [0.4, 0.5) is 0 Å². The van der Waals surface area contributed by atoms with Crippen molar-refractivity contribution >= 4 is 41.3 Å². The first-order valence-corrected chi connectivity index (χ1v) is 11.3. The van der Waals surface area contributed by atoms with Gasteiger partial charge < -0.3 is 15.7 Å². The number of aliphatic hydroxyl groups is 1. The third kappa shape index (κ3) is 7.22. The third-order valence-corrected chi connectivity index (χ3v) is 6.44. The van der Waals surface area contributed by atoms with E-state index in [4.69, 9.17) is 9.98 Å². The number of hydrogen-bond donors (Lipinski definition) is 3. The number of aromatic nitrogens is 1. The van der Waals surface area contributed by atoms with Crippen molar-refractivity contribution in [3.05, 3.63) is 41.4 Å². The predicted molar refractivity (Wildman–Crippen MR) is 133 cm³/mol. The maximum atomic E-state index is 9.52. The van der Waals surface area contributed by atoms with E-state index in [2.05, 4.69) is 35.1 Å². The van der Waals surface area contributed by atoms with Crippen molar-refractivity contribution in [3.8, 4) is 10.6 Å². The number of benzene rings is 1. The molecule has 7 heteroatoms. The standard InChI is InChI=1S/C22H32N4OS.HI/c1-2-23-21(25-17-22(13-14-27)11-7-4-8-12-22)24-15-19-16-28-20(26-19)18-9-5-3-6-10-18;/h3,5-6,9-10,16,27H,2,4,7-8,11-15,17H2,1H3,(H2,23,24,25);1H. The van der Waals surface area contributed by atoms with Crippen molar-refractivity contribution < 1.29 is 5.11 Å². The van der Waals surface area contributed by atoms with Gasteiger partial charge in [-0.15, -0.1) is 35.3 Å². The Bertz CT molecular complexity index is 739. The van der Waals surface area contributed by atoms with Gasteiger partial charge in [0.2, 0.25) is 0 Å². The lowest BCUT2D eigenvalue weighted by Gasteiger charge is -2.37. The topological polar surface area (TPSA) is 69.5 Å². The number of halogens is 1. The zero-order valence-corrected chi connectivity index (χ0v) is 20.3. The molecular weight excluding hydrogens is 495 g/mol. The number of thiazole rings is 1. The molecule has 1 saturated carbocycles. The Labute approximate surface area is 195 Å². The van der Waals surface area contributed by atoms with E-state index in [-0.39, 0.29) is 36.0 Å². The highest BCUT2D eigenvalue weighted by Gasteiger charge is 2.31. The van der Waals surface area contributed by atoms with Crippen LogP contribution < -0.4 is 10.6 Å². The van der Waals surface area contributed by atoms with Gasteiger partial charge in [-0.2, -0.15) is 0 Å². The molecule has 29 heavy (non-hydrogen) atoms. The predicted octanol–water partition coefficient (Wildman–Crippen LogP) is 4.82. The van der Waals surface area contributed by atoms with Crippen molar-refractivity contribution in [2.24, 2.45) is 10.4 Å². The Hall–Kier alpha value is -1.19. The van der Waals surface area contributed by atoms with Crippen molar-refractivity contribution in [2.45, 2.75) is 52.0 Å². The summed E-state index contributed by atoms with van der Waals surface area (Å²) in [7, 11) is 0. The lowest BCUT2D eigenvalue weighted by atomic mass is 9.72. The van der Waals surface area contributed by atoms with E-state index in [0.717, 1.165) is 41.7 Å². The van der Waals surface area contributed by atoms with E-state index in [0.29, 0.717) is 6.54 Å². The summed E-state index contributed by atoms with van der Waals surface area (Å²) in [6, 6.07) is 10.3. The summed E-state index contributed by atoms with van der Waals surface area (Å²) in [6.45, 7) is 4.59. The Morgan fingerprint density at radius 3 is 2.62 bits per heavy atom. The van der Waals surface area contributed by atoms with Gasteiger partial charge >= 0.3 is 0 Å². The van der Waals surface area contributed by atoms with Gasteiger partial charge in [-0.1, -0.05) is 49.6 Å². The summed E-state index contributed by atoms with van der Waals surface area (Å²) in [4.78, 5) is 9.47. The normalized spacial score (nSPS) is 16.1. The highest BCUT2D eigenvalue weighted by atomic mass is 127. The molecule has 1 aromatic heterocycles. The maximum Gasteiger partial charge on any atom is 0.191 e. The number of rotatable bonds is 8. The third-order valence-electron chi connectivity index (χ3n) is 5.50. The molecule has 1 aliphatic carbocycles. The zero-order chi connectivity index (χ0) is 19.7. The fourth-order valence-electron chi connectivity index (χ4n) is 3.92. The minimum Gasteiger partial charge on any atom is -0.396 e. The van der Waals surface area contributed by atoms with Crippen LogP contribution in [0.5, 0.6) is 0 Å². The second-order valence-electron chi connectivity index (χ2n) is 7.59. The highest BCUT2D eigenvalue weighted by molar-refractivity contribution is 14.0. The van der Waals surface area contributed by atoms with Gasteiger partial charge in [-0.25, -0.2) is 9.98 Å². The van der Waals surface area contributed by atoms with Crippen LogP contribution in [0.2, 0.25) is 0 Å². The number of hydrogen-bond acceptors (Lipinski definition) is 4. The van der Waals surface area contributed by atoms with Crippen LogP contribution in [0.15, 0.2) is 40.7 Å². The number of aliphatic hydroxyl groups excluding tert-OH is 1. The Morgan fingerprint density at radius 2 is 1.93 bits per heavy atom. The van der Waals surface area contributed by atoms with E-state index in [1.54, 1.807) is 11.3 Å². The van der Waals surface area contributed by atoms with Gasteiger partial charge in [0.15, 0.2) is 5.96 Å². The van der Waals surface area contributed by atoms with E-state index >= 15 is 0 Å². The minimum absolute atomic E-state index is 0. The van der Waals surface area contributed by atoms with Gasteiger partial charge in [-0.05, 0) is 31.6 Å². The lowest BCUT2D eigenvalue weighted by Crippen LogP contribution is -2.44. The van der Waals surface area contributed by atoms with Crippen LogP contribution in [0, 0.1) is 5.41 Å². The quantitative estimate of drug-likeness (QED) is 0.261. The minimum atomic E-state index is 0. The molecule has 2 aromatic rings. The summed E-state index contributed by atoms with van der Waals surface area (Å²) in [5, 5.41) is 19.5. The van der Waals surface area contributed by atoms with Gasteiger partial charge in [-0.3, -0.25) is 0 Å². The molecule has 0 spiro atoms. The van der Waals surface area contributed by atoms with E-state index in [9.17, 15) is 5.11 Å². The first kappa shape index (κ1) is 24.1. The number of nitrogens with zero attached hydrogens (tertiary/aromatic N) is 2. The van der Waals surface area contributed by atoms with Gasteiger partial charge in [0.25, 0.3) is 0 Å². The van der Waals surface area contributed by atoms with Gasteiger partial charge in [0.1, 0.15) is 5.01 Å². The van der Waals surface area contributed by atoms with Crippen molar-refractivity contribution in [1.29, 1.82) is 0 Å². The smallest absolute Gasteiger partial charge is 0.191 e. The van der Waals surface area contributed by atoms with E-state index in [1.807, 2.05) is 18.2 Å². The van der Waals surface area contributed by atoms with Crippen molar-refractivity contribution in [3.63, 3.8) is 0 Å². The first-order chi connectivity index (χ1) is 13.7. The molecule has 0 aliphatic heterocycles. The molecule has 0 bridgehead atoms. The average Bonchev–Trinajstić information content (AvgIpc) is 3.21. The van der Waals surface area contributed by atoms with Crippen LogP contribution >= 0.6 is 35.3 Å². The molecule has 160 valence electrons. The SMILES string of the molecule is CCNC(=NCc1csc(-c2ccccc2)n1)NCC1(CCO)CCCCC1.I. The van der Waals surface area contributed by atoms with Crippen LogP contribution in [0.1, 0.15) is 51.1 Å². The fourth-order valence-corrected chi connectivity index (χ4v) is 4.74. The molecule has 3 rings (SSSR count). The summed E-state index contributed by atoms with van der Waals surface area (Å²) in [5.41, 5.74) is 2.34. The Morgan fingerprint density at radius 1 is 1.17 bits per heavy atom. The number of aliphatic imine (C=N–C) groups is 1. The molecule has 3 N–H and O–H groups in total. The van der Waals surface area contributed by atoms with E-state index < -0.39 is 0 Å². The first-order valence-electron chi connectivity index (χ1n) is 10.4. The Balaban J connectivity index is 0.00000300. The second-order valence-corrected chi connectivity index (χ2v) is 8.45. The molecule has 0 atom stereocenters. The summed E-state index contributed by atoms with van der Waals surface area (Å²) in [5.74, 6) is 0.833. The van der Waals surface area contributed by atoms with Crippen LogP contribution in [-0.2, 0) is 6.54 Å². The molecule has 5 nitrogen and oxygen atoms in total. The van der Waals surface area contributed by atoms with Crippen LogP contribution in [0.3, 0.4) is 0 Å². The molecule has 0 amide bonds. The van der Waals surface area contributed by atoms with Gasteiger partial charge in [0.05, 0.1) is 12.2 Å². The molecular formula is C22H33IN4OS. The number of nitrogens with one attached hydrogen (secondary N) is 2. The zero-order valence-electron chi connectivity index (χ0n) is 17.2. The molecule has 1 fully saturated rings.